The van der Waals surface area contributed by atoms with Crippen molar-refractivity contribution in [1.82, 2.24) is 10.3 Å². The SMILES string of the molecule is C=C(C)CC(C)C(=O)NCc1nc(C(=O)O)cs1. The second-order valence-electron chi connectivity index (χ2n) is 4.21. The number of aromatic nitrogens is 1. The fourth-order valence-electron chi connectivity index (χ4n) is 1.44. The number of carboxylic acids is 1. The normalized spacial score (nSPS) is 11.9. The average molecular weight is 268 g/mol. The van der Waals surface area contributed by atoms with Gasteiger partial charge in [0.2, 0.25) is 5.91 Å². The van der Waals surface area contributed by atoms with Crippen molar-refractivity contribution in [3.8, 4) is 0 Å². The number of amides is 1. The number of allylic oxidation sites excluding steroid dienone is 1. The maximum Gasteiger partial charge on any atom is 0.355 e. The zero-order chi connectivity index (χ0) is 13.7. The lowest BCUT2D eigenvalue weighted by Gasteiger charge is -2.10. The zero-order valence-corrected chi connectivity index (χ0v) is 11.2. The lowest BCUT2D eigenvalue weighted by Crippen LogP contribution is -2.28. The van der Waals surface area contributed by atoms with Crippen molar-refractivity contribution in [2.75, 3.05) is 0 Å². The number of hydrogen-bond donors (Lipinski definition) is 2. The van der Waals surface area contributed by atoms with Gasteiger partial charge in [0, 0.05) is 11.3 Å². The number of aromatic carboxylic acids is 1. The number of hydrogen-bond acceptors (Lipinski definition) is 4. The molecule has 1 heterocycles. The van der Waals surface area contributed by atoms with Crippen LogP contribution in [0.1, 0.15) is 35.8 Å². The number of nitrogens with zero attached hydrogens (tertiary/aromatic N) is 1. The van der Waals surface area contributed by atoms with E-state index in [-0.39, 0.29) is 24.1 Å². The van der Waals surface area contributed by atoms with E-state index in [0.717, 1.165) is 5.57 Å². The molecule has 1 unspecified atom stereocenters. The van der Waals surface area contributed by atoms with Crippen molar-refractivity contribution in [3.05, 3.63) is 28.2 Å². The highest BCUT2D eigenvalue weighted by molar-refractivity contribution is 7.09. The van der Waals surface area contributed by atoms with Crippen molar-refractivity contribution in [3.63, 3.8) is 0 Å². The first-order chi connectivity index (χ1) is 8.40. The minimum Gasteiger partial charge on any atom is -0.476 e. The van der Waals surface area contributed by atoms with Crippen LogP contribution in [0.25, 0.3) is 0 Å². The monoisotopic (exact) mass is 268 g/mol. The molecule has 18 heavy (non-hydrogen) atoms. The molecule has 1 aromatic rings. The Morgan fingerprint density at radius 3 is 2.78 bits per heavy atom. The van der Waals surface area contributed by atoms with Gasteiger partial charge in [0.15, 0.2) is 5.69 Å². The molecule has 0 radical (unpaired) electrons. The highest BCUT2D eigenvalue weighted by Crippen LogP contribution is 2.11. The van der Waals surface area contributed by atoms with Gasteiger partial charge in [-0.2, -0.15) is 0 Å². The lowest BCUT2D eigenvalue weighted by atomic mass is 10.0. The van der Waals surface area contributed by atoms with Gasteiger partial charge in [-0.15, -0.1) is 17.9 Å². The van der Waals surface area contributed by atoms with Crippen LogP contribution >= 0.6 is 11.3 Å². The summed E-state index contributed by atoms with van der Waals surface area (Å²) in [5.41, 5.74) is 0.972. The predicted octanol–water partition coefficient (Wildman–Crippen LogP) is 2.06. The molecular weight excluding hydrogens is 252 g/mol. The van der Waals surface area contributed by atoms with Crippen LogP contribution in [0.2, 0.25) is 0 Å². The highest BCUT2D eigenvalue weighted by atomic mass is 32.1. The van der Waals surface area contributed by atoms with E-state index in [1.165, 1.54) is 16.7 Å². The number of nitrogens with one attached hydrogen (secondary N) is 1. The van der Waals surface area contributed by atoms with E-state index in [1.54, 1.807) is 0 Å². The molecule has 1 atom stereocenters. The number of carbonyl (C=O) groups excluding carboxylic acids is 1. The summed E-state index contributed by atoms with van der Waals surface area (Å²) in [6, 6.07) is 0. The molecule has 2 N–H and O–H groups in total. The summed E-state index contributed by atoms with van der Waals surface area (Å²) in [5, 5.41) is 13.5. The van der Waals surface area contributed by atoms with Gasteiger partial charge in [-0.05, 0) is 13.3 Å². The summed E-state index contributed by atoms with van der Waals surface area (Å²) < 4.78 is 0. The van der Waals surface area contributed by atoms with Crippen molar-refractivity contribution in [1.29, 1.82) is 0 Å². The van der Waals surface area contributed by atoms with Crippen LogP contribution in [0.3, 0.4) is 0 Å². The molecule has 6 heteroatoms. The molecule has 1 rings (SSSR count). The summed E-state index contributed by atoms with van der Waals surface area (Å²) in [6.45, 7) is 7.73. The fraction of sp³-hybridized carbons (Fsp3) is 0.417. The van der Waals surface area contributed by atoms with E-state index >= 15 is 0 Å². The van der Waals surface area contributed by atoms with Gasteiger partial charge in [0.1, 0.15) is 5.01 Å². The van der Waals surface area contributed by atoms with E-state index in [4.69, 9.17) is 5.11 Å². The quantitative estimate of drug-likeness (QED) is 0.774. The summed E-state index contributed by atoms with van der Waals surface area (Å²) in [5.74, 6) is -1.27. The molecule has 0 aromatic carbocycles. The Hall–Kier alpha value is -1.69. The number of rotatable bonds is 6. The smallest absolute Gasteiger partial charge is 0.355 e. The summed E-state index contributed by atoms with van der Waals surface area (Å²) in [6.07, 6.45) is 0.643. The largest absolute Gasteiger partial charge is 0.476 e. The Bertz CT molecular complexity index is 468. The molecule has 0 aliphatic rings. The Morgan fingerprint density at radius 1 is 1.61 bits per heavy atom. The van der Waals surface area contributed by atoms with Crippen molar-refractivity contribution < 1.29 is 14.7 Å². The molecule has 1 amide bonds. The van der Waals surface area contributed by atoms with Crippen LogP contribution in [0.15, 0.2) is 17.5 Å². The third kappa shape index (κ3) is 4.29. The van der Waals surface area contributed by atoms with E-state index in [1.807, 2.05) is 13.8 Å². The maximum absolute atomic E-state index is 11.7. The molecule has 0 fully saturated rings. The van der Waals surface area contributed by atoms with Crippen LogP contribution in [-0.4, -0.2) is 22.0 Å². The first-order valence-corrected chi connectivity index (χ1v) is 6.38. The Balaban J connectivity index is 2.46. The van der Waals surface area contributed by atoms with Crippen LogP contribution in [0.5, 0.6) is 0 Å². The second kappa shape index (κ2) is 6.30. The van der Waals surface area contributed by atoms with E-state index < -0.39 is 5.97 Å². The minimum absolute atomic E-state index is 0.0132. The maximum atomic E-state index is 11.7. The van der Waals surface area contributed by atoms with Crippen molar-refractivity contribution in [2.45, 2.75) is 26.8 Å². The molecule has 98 valence electrons. The number of thiazole rings is 1. The summed E-state index contributed by atoms with van der Waals surface area (Å²) >= 11 is 1.22. The molecule has 0 aliphatic heterocycles. The Kier molecular flexibility index (Phi) is 5.03. The van der Waals surface area contributed by atoms with Crippen LogP contribution < -0.4 is 5.32 Å². The van der Waals surface area contributed by atoms with Gasteiger partial charge in [-0.1, -0.05) is 12.5 Å². The molecular formula is C12H16N2O3S. The zero-order valence-electron chi connectivity index (χ0n) is 10.4. The molecule has 5 nitrogen and oxygen atoms in total. The van der Waals surface area contributed by atoms with Gasteiger partial charge >= 0.3 is 5.97 Å². The fourth-order valence-corrected chi connectivity index (χ4v) is 2.15. The standard InChI is InChI=1S/C12H16N2O3S/c1-7(2)4-8(3)11(15)13-5-10-14-9(6-18-10)12(16)17/h6,8H,1,4-5H2,2-3H3,(H,13,15)(H,16,17). The summed E-state index contributed by atoms with van der Waals surface area (Å²) in [4.78, 5) is 26.2. The molecule has 0 saturated heterocycles. The van der Waals surface area contributed by atoms with Gasteiger partial charge in [0.25, 0.3) is 0 Å². The second-order valence-corrected chi connectivity index (χ2v) is 5.15. The first kappa shape index (κ1) is 14.4. The average Bonchev–Trinajstić information content (AvgIpc) is 2.73. The Morgan fingerprint density at radius 2 is 2.28 bits per heavy atom. The minimum atomic E-state index is -1.06. The van der Waals surface area contributed by atoms with Gasteiger partial charge < -0.3 is 10.4 Å². The Labute approximate surface area is 110 Å². The van der Waals surface area contributed by atoms with Crippen LogP contribution in [0.4, 0.5) is 0 Å². The van der Waals surface area contributed by atoms with Crippen LogP contribution in [0, 0.1) is 5.92 Å². The van der Waals surface area contributed by atoms with E-state index in [2.05, 4.69) is 16.9 Å². The van der Waals surface area contributed by atoms with Gasteiger partial charge in [-0.25, -0.2) is 9.78 Å². The lowest BCUT2D eigenvalue weighted by molar-refractivity contribution is -0.124. The van der Waals surface area contributed by atoms with Gasteiger partial charge in [0.05, 0.1) is 6.54 Å². The highest BCUT2D eigenvalue weighted by Gasteiger charge is 2.14. The van der Waals surface area contributed by atoms with Crippen molar-refractivity contribution in [2.24, 2.45) is 5.92 Å². The van der Waals surface area contributed by atoms with Crippen LogP contribution in [-0.2, 0) is 11.3 Å². The predicted molar refractivity (Wildman–Crippen MR) is 69.5 cm³/mol. The van der Waals surface area contributed by atoms with E-state index in [0.29, 0.717) is 11.4 Å². The third-order valence-electron chi connectivity index (χ3n) is 2.29. The number of carbonyl (C=O) groups is 2. The topological polar surface area (TPSA) is 79.3 Å². The third-order valence-corrected chi connectivity index (χ3v) is 3.14. The molecule has 0 aliphatic carbocycles. The molecule has 0 spiro atoms. The van der Waals surface area contributed by atoms with Crippen molar-refractivity contribution >= 4 is 23.2 Å². The first-order valence-electron chi connectivity index (χ1n) is 5.50. The molecule has 0 bridgehead atoms. The molecule has 1 aromatic heterocycles. The van der Waals surface area contributed by atoms with Gasteiger partial charge in [-0.3, -0.25) is 4.79 Å². The number of carboxylic acid groups (broad SMARTS) is 1. The van der Waals surface area contributed by atoms with E-state index in [9.17, 15) is 9.59 Å². The summed E-state index contributed by atoms with van der Waals surface area (Å²) in [7, 11) is 0. The molecule has 0 saturated carbocycles.